The van der Waals surface area contributed by atoms with Crippen molar-refractivity contribution in [2.45, 2.75) is 30.0 Å². The smallest absolute Gasteiger partial charge is 0.401 e. The van der Waals surface area contributed by atoms with Crippen LogP contribution < -0.4 is 14.2 Å². The normalized spacial score (nSPS) is 19.6. The first-order valence-electron chi connectivity index (χ1n) is 7.44. The summed E-state index contributed by atoms with van der Waals surface area (Å²) < 4.78 is 74.8. The Morgan fingerprint density at radius 3 is 2.50 bits per heavy atom. The zero-order chi connectivity index (χ0) is 17.4. The molecule has 0 unspecified atom stereocenters. The maximum absolute atomic E-state index is 12.4. The second-order valence-corrected chi connectivity index (χ2v) is 7.52. The van der Waals surface area contributed by atoms with E-state index in [1.54, 1.807) is 0 Å². The van der Waals surface area contributed by atoms with Gasteiger partial charge in [0.05, 0.1) is 11.4 Å². The molecule has 0 atom stereocenters. The number of rotatable bonds is 4. The molecule has 24 heavy (non-hydrogen) atoms. The van der Waals surface area contributed by atoms with Crippen LogP contribution in [0.15, 0.2) is 23.1 Å². The summed E-state index contributed by atoms with van der Waals surface area (Å²) in [7, 11) is -3.76. The van der Waals surface area contributed by atoms with E-state index in [0.29, 0.717) is 24.3 Å². The molecule has 1 fully saturated rings. The van der Waals surface area contributed by atoms with Crippen molar-refractivity contribution in [3.63, 3.8) is 0 Å². The number of benzene rings is 1. The average Bonchev–Trinajstić information content (AvgIpc) is 2.95. The Bertz CT molecular complexity index is 700. The molecule has 6 nitrogen and oxygen atoms in total. The summed E-state index contributed by atoms with van der Waals surface area (Å²) in [4.78, 5) is 1.33. The Morgan fingerprint density at radius 1 is 1.17 bits per heavy atom. The van der Waals surface area contributed by atoms with Crippen LogP contribution in [0.4, 0.5) is 13.2 Å². The summed E-state index contributed by atoms with van der Waals surface area (Å²) in [5.41, 5.74) is 0. The number of ether oxygens (including phenoxy) is 2. The molecule has 2 heterocycles. The second kappa shape index (κ2) is 6.41. The van der Waals surface area contributed by atoms with Gasteiger partial charge in [-0.2, -0.15) is 13.2 Å². The number of sulfonamides is 1. The van der Waals surface area contributed by atoms with Crippen molar-refractivity contribution in [2.24, 2.45) is 0 Å². The lowest BCUT2D eigenvalue weighted by atomic mass is 10.1. The summed E-state index contributed by atoms with van der Waals surface area (Å²) >= 11 is 0. The Labute approximate surface area is 137 Å². The maximum atomic E-state index is 12.4. The molecular weight excluding hydrogens is 349 g/mol. The Balaban J connectivity index is 1.60. The number of hydrogen-bond acceptors (Lipinski definition) is 5. The number of nitrogens with one attached hydrogen (secondary N) is 1. The number of piperidine rings is 1. The largest absolute Gasteiger partial charge is 0.454 e. The SMILES string of the molecule is O=S(=O)(NC1CCN(CC(F)(F)F)CC1)c1ccc2c(c1)OCO2. The number of likely N-dealkylation sites (tertiary alicyclic amines) is 1. The molecule has 2 aliphatic heterocycles. The van der Waals surface area contributed by atoms with E-state index < -0.39 is 22.7 Å². The van der Waals surface area contributed by atoms with Gasteiger partial charge in [-0.1, -0.05) is 0 Å². The minimum atomic E-state index is -4.24. The summed E-state index contributed by atoms with van der Waals surface area (Å²) in [5.74, 6) is 0.840. The molecule has 3 rings (SSSR count). The van der Waals surface area contributed by atoms with Crippen molar-refractivity contribution in [2.75, 3.05) is 26.4 Å². The van der Waals surface area contributed by atoms with Gasteiger partial charge >= 0.3 is 6.18 Å². The van der Waals surface area contributed by atoms with Crippen LogP contribution in [0.25, 0.3) is 0 Å². The first-order chi connectivity index (χ1) is 11.2. The molecule has 0 saturated carbocycles. The number of alkyl halides is 3. The summed E-state index contributed by atoms with van der Waals surface area (Å²) in [6.07, 6.45) is -3.57. The molecule has 10 heteroatoms. The van der Waals surface area contributed by atoms with E-state index in [1.807, 2.05) is 0 Å². The fourth-order valence-corrected chi connectivity index (χ4v) is 4.11. The van der Waals surface area contributed by atoms with E-state index in [2.05, 4.69) is 4.72 Å². The van der Waals surface area contributed by atoms with Crippen LogP contribution in [0.3, 0.4) is 0 Å². The van der Waals surface area contributed by atoms with Crippen LogP contribution in [0.5, 0.6) is 11.5 Å². The zero-order valence-corrected chi connectivity index (χ0v) is 13.5. The van der Waals surface area contributed by atoms with Crippen LogP contribution in [0.1, 0.15) is 12.8 Å². The molecule has 1 aromatic rings. The van der Waals surface area contributed by atoms with Gasteiger partial charge in [0.25, 0.3) is 0 Å². The van der Waals surface area contributed by atoms with Gasteiger partial charge in [0.1, 0.15) is 0 Å². The Morgan fingerprint density at radius 2 is 1.83 bits per heavy atom. The quantitative estimate of drug-likeness (QED) is 0.879. The third-order valence-electron chi connectivity index (χ3n) is 3.97. The van der Waals surface area contributed by atoms with E-state index in [4.69, 9.17) is 9.47 Å². The van der Waals surface area contributed by atoms with Gasteiger partial charge < -0.3 is 9.47 Å². The standard InChI is InChI=1S/C14H17F3N2O4S/c15-14(16,17)8-19-5-3-10(4-6-19)18-24(20,21)11-1-2-12-13(7-11)23-9-22-12/h1-2,7,10,18H,3-6,8-9H2. The van der Waals surface area contributed by atoms with Crippen LogP contribution in [0.2, 0.25) is 0 Å². The van der Waals surface area contributed by atoms with Crippen LogP contribution >= 0.6 is 0 Å². The van der Waals surface area contributed by atoms with Crippen molar-refractivity contribution in [1.82, 2.24) is 9.62 Å². The highest BCUT2D eigenvalue weighted by molar-refractivity contribution is 7.89. The number of fused-ring (bicyclic) bond motifs is 1. The fraction of sp³-hybridized carbons (Fsp3) is 0.571. The molecule has 134 valence electrons. The molecule has 0 amide bonds. The van der Waals surface area contributed by atoms with Gasteiger partial charge in [-0.3, -0.25) is 4.90 Å². The van der Waals surface area contributed by atoms with Crippen molar-refractivity contribution in [3.05, 3.63) is 18.2 Å². The van der Waals surface area contributed by atoms with Crippen LogP contribution in [-0.4, -0.2) is 52.0 Å². The third-order valence-corrected chi connectivity index (χ3v) is 5.48. The molecule has 0 spiro atoms. The lowest BCUT2D eigenvalue weighted by Gasteiger charge is -2.32. The fourth-order valence-electron chi connectivity index (χ4n) is 2.79. The molecule has 1 N–H and O–H groups in total. The van der Waals surface area contributed by atoms with E-state index >= 15 is 0 Å². The van der Waals surface area contributed by atoms with Gasteiger partial charge in [0, 0.05) is 12.1 Å². The Hall–Kier alpha value is -1.52. The Kier molecular flexibility index (Phi) is 4.63. The highest BCUT2D eigenvalue weighted by Crippen LogP contribution is 2.34. The third kappa shape index (κ3) is 4.11. The van der Waals surface area contributed by atoms with Crippen LogP contribution in [-0.2, 0) is 10.0 Å². The topological polar surface area (TPSA) is 67.9 Å². The molecule has 0 bridgehead atoms. The van der Waals surface area contributed by atoms with E-state index in [0.717, 1.165) is 0 Å². The first kappa shape index (κ1) is 17.3. The monoisotopic (exact) mass is 366 g/mol. The molecule has 1 saturated heterocycles. The number of hydrogen-bond donors (Lipinski definition) is 1. The second-order valence-electron chi connectivity index (χ2n) is 5.80. The molecule has 0 aliphatic carbocycles. The molecule has 0 aromatic heterocycles. The predicted octanol–water partition coefficient (Wildman–Crippen LogP) is 1.72. The summed E-state index contributed by atoms with van der Waals surface area (Å²) in [5, 5.41) is 0. The van der Waals surface area contributed by atoms with Gasteiger partial charge in [0.15, 0.2) is 11.5 Å². The minimum absolute atomic E-state index is 0.0456. The summed E-state index contributed by atoms with van der Waals surface area (Å²) in [6.45, 7) is -0.514. The van der Waals surface area contributed by atoms with Gasteiger partial charge in [-0.05, 0) is 38.1 Å². The predicted molar refractivity (Wildman–Crippen MR) is 78.4 cm³/mol. The highest BCUT2D eigenvalue weighted by atomic mass is 32.2. The minimum Gasteiger partial charge on any atom is -0.454 e. The molecule has 2 aliphatic rings. The molecular formula is C14H17F3N2O4S. The zero-order valence-electron chi connectivity index (χ0n) is 12.7. The van der Waals surface area contributed by atoms with Crippen molar-refractivity contribution >= 4 is 10.0 Å². The highest BCUT2D eigenvalue weighted by Gasteiger charge is 2.33. The lowest BCUT2D eigenvalue weighted by molar-refractivity contribution is -0.148. The average molecular weight is 366 g/mol. The number of nitrogens with zero attached hydrogens (tertiary/aromatic N) is 1. The number of halogens is 3. The molecule has 0 radical (unpaired) electrons. The molecule has 1 aromatic carbocycles. The maximum Gasteiger partial charge on any atom is 0.401 e. The van der Waals surface area contributed by atoms with E-state index in [9.17, 15) is 21.6 Å². The van der Waals surface area contributed by atoms with Gasteiger partial charge in [-0.15, -0.1) is 0 Å². The van der Waals surface area contributed by atoms with Crippen molar-refractivity contribution in [3.8, 4) is 11.5 Å². The van der Waals surface area contributed by atoms with Crippen LogP contribution in [0, 0.1) is 0 Å². The lowest BCUT2D eigenvalue weighted by Crippen LogP contribution is -2.46. The summed E-state index contributed by atoms with van der Waals surface area (Å²) in [6, 6.07) is 3.92. The first-order valence-corrected chi connectivity index (χ1v) is 8.92. The van der Waals surface area contributed by atoms with Crippen molar-refractivity contribution in [1.29, 1.82) is 0 Å². The van der Waals surface area contributed by atoms with Crippen molar-refractivity contribution < 1.29 is 31.1 Å². The van der Waals surface area contributed by atoms with Gasteiger partial charge in [0.2, 0.25) is 16.8 Å². The van der Waals surface area contributed by atoms with E-state index in [1.165, 1.54) is 23.1 Å². The van der Waals surface area contributed by atoms with Gasteiger partial charge in [-0.25, -0.2) is 13.1 Å². The van der Waals surface area contributed by atoms with E-state index in [-0.39, 0.29) is 30.8 Å².